The number of anilines is 2. The molecule has 0 spiro atoms. The normalized spacial score (nSPS) is 22.5. The van der Waals surface area contributed by atoms with E-state index in [0.717, 1.165) is 36.8 Å². The summed E-state index contributed by atoms with van der Waals surface area (Å²) in [5, 5.41) is 2.98. The Bertz CT molecular complexity index is 708. The third-order valence-electron chi connectivity index (χ3n) is 4.54. The van der Waals surface area contributed by atoms with Gasteiger partial charge in [0.2, 0.25) is 0 Å². The molecule has 2 atom stereocenters. The maximum atomic E-state index is 12.5. The van der Waals surface area contributed by atoms with E-state index >= 15 is 0 Å². The van der Waals surface area contributed by atoms with Crippen LogP contribution >= 0.6 is 0 Å². The van der Waals surface area contributed by atoms with Gasteiger partial charge < -0.3 is 15.1 Å². The summed E-state index contributed by atoms with van der Waals surface area (Å²) in [6.07, 6.45) is 2.86. The Morgan fingerprint density at radius 1 is 1.17 bits per heavy atom. The predicted octanol–water partition coefficient (Wildman–Crippen LogP) is 2.28. The molecule has 5 rings (SSSR count). The average molecular weight is 309 g/mol. The quantitative estimate of drug-likeness (QED) is 0.924. The number of carbonyl (C=O) groups excluding carboxylic acids is 1. The highest BCUT2D eigenvalue weighted by molar-refractivity contribution is 5.90. The van der Waals surface area contributed by atoms with Crippen LogP contribution in [0.15, 0.2) is 42.6 Å². The van der Waals surface area contributed by atoms with Gasteiger partial charge in [-0.05, 0) is 31.5 Å². The van der Waals surface area contributed by atoms with Crippen molar-refractivity contribution in [1.29, 1.82) is 0 Å². The maximum absolute atomic E-state index is 12.5. The molecule has 3 saturated heterocycles. The molecule has 1 aromatic carbocycles. The van der Waals surface area contributed by atoms with E-state index in [0.29, 0.717) is 0 Å². The van der Waals surface area contributed by atoms with Crippen LogP contribution in [0.4, 0.5) is 16.3 Å². The summed E-state index contributed by atoms with van der Waals surface area (Å²) in [6.45, 7) is 3.55. The third-order valence-corrected chi connectivity index (χ3v) is 4.54. The van der Waals surface area contributed by atoms with E-state index in [1.54, 1.807) is 6.20 Å². The summed E-state index contributed by atoms with van der Waals surface area (Å²) >= 11 is 0. The molecule has 2 unspecified atom stereocenters. The maximum Gasteiger partial charge on any atom is 0.322 e. The van der Waals surface area contributed by atoms with E-state index in [1.807, 2.05) is 48.2 Å². The van der Waals surface area contributed by atoms with E-state index in [4.69, 9.17) is 0 Å². The predicted molar refractivity (Wildman–Crippen MR) is 88.5 cm³/mol. The van der Waals surface area contributed by atoms with Crippen molar-refractivity contribution in [2.45, 2.75) is 25.4 Å². The van der Waals surface area contributed by atoms with Gasteiger partial charge >= 0.3 is 6.03 Å². The highest BCUT2D eigenvalue weighted by Gasteiger charge is 2.47. The van der Waals surface area contributed by atoms with Gasteiger partial charge in [-0.3, -0.25) is 0 Å². The van der Waals surface area contributed by atoms with Crippen LogP contribution in [0.3, 0.4) is 0 Å². The number of para-hydroxylation sites is 1. The zero-order chi connectivity index (χ0) is 15.8. The zero-order valence-electron chi connectivity index (χ0n) is 13.0. The Labute approximate surface area is 135 Å². The van der Waals surface area contributed by atoms with Crippen molar-refractivity contribution in [2.75, 3.05) is 23.3 Å². The number of carbonyl (C=O) groups is 1. The fourth-order valence-corrected chi connectivity index (χ4v) is 3.46. The molecule has 2 amide bonds. The van der Waals surface area contributed by atoms with Crippen LogP contribution in [0, 0.1) is 6.92 Å². The first kappa shape index (κ1) is 14.0. The van der Waals surface area contributed by atoms with Crippen LogP contribution < -0.4 is 10.2 Å². The van der Waals surface area contributed by atoms with Crippen molar-refractivity contribution in [3.63, 3.8) is 0 Å². The van der Waals surface area contributed by atoms with Gasteiger partial charge in [0.05, 0.1) is 12.1 Å². The lowest BCUT2D eigenvalue weighted by molar-refractivity contribution is 0.0436. The molecule has 118 valence electrons. The summed E-state index contributed by atoms with van der Waals surface area (Å²) in [4.78, 5) is 25.3. The Kier molecular flexibility index (Phi) is 3.37. The number of amides is 2. The number of hydrogen-bond acceptors (Lipinski definition) is 4. The molecule has 1 aromatic heterocycles. The number of piperazine rings is 1. The molecule has 2 bridgehead atoms. The summed E-state index contributed by atoms with van der Waals surface area (Å²) in [5.41, 5.74) is 0.839. The number of piperidine rings is 1. The number of benzene rings is 1. The summed E-state index contributed by atoms with van der Waals surface area (Å²) in [5.74, 6) is 1.73. The fraction of sp³-hybridized carbons (Fsp3) is 0.353. The molecule has 3 fully saturated rings. The molecule has 4 heterocycles. The van der Waals surface area contributed by atoms with Gasteiger partial charge in [-0.15, -0.1) is 0 Å². The first-order chi connectivity index (χ1) is 11.2. The van der Waals surface area contributed by atoms with Crippen molar-refractivity contribution in [2.24, 2.45) is 0 Å². The molecule has 0 aliphatic carbocycles. The third kappa shape index (κ3) is 2.60. The second kappa shape index (κ2) is 5.53. The number of nitrogens with zero attached hydrogens (tertiary/aromatic N) is 4. The Balaban J connectivity index is 1.42. The lowest BCUT2D eigenvalue weighted by Gasteiger charge is -2.56. The Morgan fingerprint density at radius 2 is 1.91 bits per heavy atom. The number of fused-ring (bicyclic) bond motifs is 2. The van der Waals surface area contributed by atoms with Crippen molar-refractivity contribution < 1.29 is 4.79 Å². The zero-order valence-corrected chi connectivity index (χ0v) is 13.0. The Hall–Kier alpha value is -2.63. The van der Waals surface area contributed by atoms with Crippen molar-refractivity contribution in [3.05, 3.63) is 48.4 Å². The monoisotopic (exact) mass is 309 g/mol. The molecular weight excluding hydrogens is 290 g/mol. The first-order valence-corrected chi connectivity index (χ1v) is 7.89. The van der Waals surface area contributed by atoms with E-state index in [2.05, 4.69) is 20.2 Å². The topological polar surface area (TPSA) is 61.4 Å². The van der Waals surface area contributed by atoms with Crippen molar-refractivity contribution >= 4 is 17.5 Å². The largest absolute Gasteiger partial charge is 0.352 e. The van der Waals surface area contributed by atoms with E-state index in [-0.39, 0.29) is 18.1 Å². The van der Waals surface area contributed by atoms with Gasteiger partial charge in [0.1, 0.15) is 11.6 Å². The first-order valence-electron chi connectivity index (χ1n) is 7.89. The molecule has 3 aliphatic heterocycles. The lowest BCUT2D eigenvalue weighted by Crippen LogP contribution is -2.71. The highest BCUT2D eigenvalue weighted by atomic mass is 16.2. The summed E-state index contributed by atoms with van der Waals surface area (Å²) < 4.78 is 0. The summed E-state index contributed by atoms with van der Waals surface area (Å²) in [7, 11) is 0. The average Bonchev–Trinajstić information content (AvgIpc) is 2.55. The number of hydrogen-bond donors (Lipinski definition) is 1. The number of rotatable bonds is 2. The molecule has 0 saturated carbocycles. The smallest absolute Gasteiger partial charge is 0.322 e. The van der Waals surface area contributed by atoms with Crippen LogP contribution in [0.1, 0.15) is 12.2 Å². The van der Waals surface area contributed by atoms with Crippen LogP contribution in [-0.4, -0.2) is 46.1 Å². The van der Waals surface area contributed by atoms with Gasteiger partial charge in [0, 0.05) is 25.0 Å². The molecule has 23 heavy (non-hydrogen) atoms. The Morgan fingerprint density at radius 3 is 2.61 bits per heavy atom. The molecule has 2 aromatic rings. The number of aryl methyl sites for hydroxylation is 1. The minimum atomic E-state index is -0.00373. The SMILES string of the molecule is Cc1nccc(N2CC3CC(C2)N3C(=O)Nc2ccccc2)n1. The van der Waals surface area contributed by atoms with Crippen LogP contribution in [0.5, 0.6) is 0 Å². The van der Waals surface area contributed by atoms with Crippen LogP contribution in [0.2, 0.25) is 0 Å². The van der Waals surface area contributed by atoms with E-state index < -0.39 is 0 Å². The van der Waals surface area contributed by atoms with Crippen LogP contribution in [-0.2, 0) is 0 Å². The van der Waals surface area contributed by atoms with Gasteiger partial charge in [0.25, 0.3) is 0 Å². The minimum absolute atomic E-state index is 0.00373. The molecule has 1 N–H and O–H groups in total. The van der Waals surface area contributed by atoms with E-state index in [9.17, 15) is 4.79 Å². The van der Waals surface area contributed by atoms with E-state index in [1.165, 1.54) is 0 Å². The molecular formula is C17H19N5O. The fourth-order valence-electron chi connectivity index (χ4n) is 3.46. The lowest BCUT2D eigenvalue weighted by atomic mass is 9.88. The standard InChI is InChI=1S/C17H19N5O/c1-12-18-8-7-16(19-12)21-10-14-9-15(11-21)22(14)17(23)20-13-5-3-2-4-6-13/h2-8,14-15H,9-11H2,1H3,(H,20,23). The van der Waals surface area contributed by atoms with Gasteiger partial charge in [-0.1, -0.05) is 18.2 Å². The highest BCUT2D eigenvalue weighted by Crippen LogP contribution is 2.34. The molecule has 6 nitrogen and oxygen atoms in total. The van der Waals surface area contributed by atoms with Gasteiger partial charge in [0.15, 0.2) is 0 Å². The second-order valence-corrected chi connectivity index (χ2v) is 6.11. The minimum Gasteiger partial charge on any atom is -0.352 e. The molecule has 3 aliphatic rings. The molecule has 6 heteroatoms. The van der Waals surface area contributed by atoms with Crippen molar-refractivity contribution in [3.8, 4) is 0 Å². The van der Waals surface area contributed by atoms with Gasteiger partial charge in [-0.2, -0.15) is 0 Å². The second-order valence-electron chi connectivity index (χ2n) is 6.11. The van der Waals surface area contributed by atoms with Crippen LogP contribution in [0.25, 0.3) is 0 Å². The number of aromatic nitrogens is 2. The summed E-state index contributed by atoms with van der Waals surface area (Å²) in [6, 6.07) is 12.0. The number of nitrogens with one attached hydrogen (secondary N) is 1. The van der Waals surface area contributed by atoms with Gasteiger partial charge in [-0.25, -0.2) is 14.8 Å². The molecule has 0 radical (unpaired) electrons. The van der Waals surface area contributed by atoms with Crippen molar-refractivity contribution in [1.82, 2.24) is 14.9 Å². The number of urea groups is 1.